The monoisotopic (exact) mass is 984 g/mol. The fourth-order valence-corrected chi connectivity index (χ4v) is 8.30. The average Bonchev–Trinajstić information content (AvgIpc) is 3.24. The maximum Gasteiger partial charge on any atom is 0.293 e. The van der Waals surface area contributed by atoms with Crippen molar-refractivity contribution in [3.05, 3.63) is 148 Å². The summed E-state index contributed by atoms with van der Waals surface area (Å²) in [5.41, 5.74) is 9.32. The Balaban J connectivity index is 0.000000860. The topological polar surface area (TPSA) is 147 Å². The van der Waals surface area contributed by atoms with Gasteiger partial charge in [-0.05, 0) is 135 Å². The second-order valence-corrected chi connectivity index (χ2v) is 21.6. The van der Waals surface area contributed by atoms with Gasteiger partial charge in [-0.2, -0.15) is 0 Å². The Morgan fingerprint density at radius 3 is 1.17 bits per heavy atom. The first-order valence-electron chi connectivity index (χ1n) is 25.5. The van der Waals surface area contributed by atoms with E-state index in [0.29, 0.717) is 52.6 Å². The van der Waals surface area contributed by atoms with E-state index in [4.69, 9.17) is 0 Å². The molecule has 0 saturated carbocycles. The molecular formula is C61H97N3O7. The number of benzene rings is 2. The molecule has 71 heavy (non-hydrogen) atoms. The first-order valence-corrected chi connectivity index (χ1v) is 25.5. The van der Waals surface area contributed by atoms with Gasteiger partial charge in [0.1, 0.15) is 11.5 Å². The number of phenols is 2. The van der Waals surface area contributed by atoms with Crippen molar-refractivity contribution in [2.24, 2.45) is 7.05 Å². The van der Waals surface area contributed by atoms with Gasteiger partial charge in [-0.3, -0.25) is 14.4 Å². The van der Waals surface area contributed by atoms with Crippen LogP contribution in [0.3, 0.4) is 0 Å². The number of nitrogens with zero attached hydrogens (tertiary/aromatic N) is 3. The van der Waals surface area contributed by atoms with Crippen molar-refractivity contribution in [1.29, 1.82) is 0 Å². The lowest BCUT2D eigenvalue weighted by atomic mass is 9.91. The van der Waals surface area contributed by atoms with Crippen LogP contribution in [-0.4, -0.2) is 34.1 Å². The van der Waals surface area contributed by atoms with E-state index in [1.807, 2.05) is 127 Å². The van der Waals surface area contributed by atoms with E-state index in [1.54, 1.807) is 21.4 Å². The summed E-state index contributed by atoms with van der Waals surface area (Å²) in [6.45, 7) is 44.6. The van der Waals surface area contributed by atoms with E-state index < -0.39 is 0 Å². The molecule has 2 aromatic carbocycles. The number of aromatic hydroxyl groups is 4. The number of para-hydroxylation sites is 1. The summed E-state index contributed by atoms with van der Waals surface area (Å²) in [7, 11) is 1.85. The van der Waals surface area contributed by atoms with Gasteiger partial charge in [0.25, 0.3) is 16.7 Å². The third-order valence-electron chi connectivity index (χ3n) is 12.6. The second-order valence-electron chi connectivity index (χ2n) is 21.6. The lowest BCUT2D eigenvalue weighted by Gasteiger charge is -2.17. The number of rotatable bonds is 10. The molecule has 0 aliphatic carbocycles. The molecule has 0 atom stereocenters. The number of hydrogen-bond donors (Lipinski definition) is 4. The third-order valence-corrected chi connectivity index (χ3v) is 12.6. The van der Waals surface area contributed by atoms with Crippen LogP contribution in [0, 0.1) is 13.8 Å². The predicted molar refractivity (Wildman–Crippen MR) is 302 cm³/mol. The Morgan fingerprint density at radius 1 is 0.394 bits per heavy atom. The van der Waals surface area contributed by atoms with E-state index in [1.165, 1.54) is 10.1 Å². The van der Waals surface area contributed by atoms with E-state index in [9.17, 15) is 34.8 Å². The lowest BCUT2D eigenvalue weighted by molar-refractivity contribution is 0.436. The van der Waals surface area contributed by atoms with Gasteiger partial charge in [0.05, 0.1) is 0 Å². The molecule has 0 fully saturated rings. The van der Waals surface area contributed by atoms with Crippen LogP contribution in [0.25, 0.3) is 0 Å². The minimum Gasteiger partial charge on any atom is -0.507 e. The highest BCUT2D eigenvalue weighted by atomic mass is 16.3. The first-order chi connectivity index (χ1) is 32.2. The summed E-state index contributed by atoms with van der Waals surface area (Å²) in [5, 5.41) is 39.4. The fourth-order valence-electron chi connectivity index (χ4n) is 8.30. The Hall–Kier alpha value is -5.51. The SMILES string of the molecule is C.CC(C)c1ccc(C(C)C)n(C)c1=O.CC(C)c1cccc(C(C)C)c1O.CC(C)c1ccn(C(C)C)c(=O)c1O.Cc1c(C(C)C)ccc(C(C)C)c1O.Cc1cc(C(C)C)c(O)c(=O)n1C(C)C. The van der Waals surface area contributed by atoms with Crippen LogP contribution in [0.5, 0.6) is 23.0 Å². The van der Waals surface area contributed by atoms with Crippen LogP contribution in [-0.2, 0) is 7.05 Å². The summed E-state index contributed by atoms with van der Waals surface area (Å²) in [4.78, 5) is 35.4. The molecule has 0 unspecified atom stereocenters. The van der Waals surface area contributed by atoms with Gasteiger partial charge in [0.2, 0.25) is 0 Å². The molecule has 10 nitrogen and oxygen atoms in total. The van der Waals surface area contributed by atoms with Crippen LogP contribution in [0.2, 0.25) is 0 Å². The molecule has 0 saturated heterocycles. The van der Waals surface area contributed by atoms with E-state index in [-0.39, 0.29) is 59.5 Å². The Morgan fingerprint density at radius 2 is 0.775 bits per heavy atom. The number of hydrogen-bond acceptors (Lipinski definition) is 7. The molecule has 10 heteroatoms. The smallest absolute Gasteiger partial charge is 0.293 e. The maximum absolute atomic E-state index is 11.9. The fraction of sp³-hybridized carbons (Fsp3) is 0.557. The van der Waals surface area contributed by atoms with Gasteiger partial charge in [-0.15, -0.1) is 0 Å². The Bertz CT molecular complexity index is 2480. The summed E-state index contributed by atoms with van der Waals surface area (Å²) in [5.74, 6) is 3.40. The summed E-state index contributed by atoms with van der Waals surface area (Å²) in [6.07, 6.45) is 1.74. The zero-order valence-corrected chi connectivity index (χ0v) is 47.4. The summed E-state index contributed by atoms with van der Waals surface area (Å²) in [6, 6.07) is 18.0. The van der Waals surface area contributed by atoms with Crippen LogP contribution in [0.15, 0.2) is 75.2 Å². The minimum atomic E-state index is -0.300. The van der Waals surface area contributed by atoms with Crippen LogP contribution < -0.4 is 16.7 Å². The van der Waals surface area contributed by atoms with Crippen LogP contribution in [0.4, 0.5) is 0 Å². The predicted octanol–water partition coefficient (Wildman–Crippen LogP) is 15.7. The highest BCUT2D eigenvalue weighted by Crippen LogP contribution is 2.34. The highest BCUT2D eigenvalue weighted by molar-refractivity contribution is 5.47. The Labute approximate surface area is 429 Å². The standard InChI is InChI=1S/C13H20O.C12H19NO2.C12H19NO.C12H18O.C11H17NO2.CH4/c1-8(2)11-6-7-12(9(3)4)13(14)10(11)5;1-7(2)10-6-9(5)13(8(3)4)12(15)11(10)14;1-8(2)10-6-7-11(9(3)4)13(5)12(10)14;1-8(2)10-6-5-7-11(9(3)4)12(10)13;1-7(2)9-5-6-12(8(3)4)11(14)10(9)13;/h6-9,14H,1-5H3;6-8,14H,1-5H3;6-9H,1-5H3;5-9,13H,1-4H3;5-8,13H,1-4H3;1H4. The maximum atomic E-state index is 11.9. The van der Waals surface area contributed by atoms with E-state index >= 15 is 0 Å². The molecule has 0 amide bonds. The molecular weight excluding hydrogens is 887 g/mol. The van der Waals surface area contributed by atoms with Crippen molar-refractivity contribution >= 4 is 0 Å². The molecule has 4 N–H and O–H groups in total. The molecule has 0 spiro atoms. The molecule has 5 rings (SSSR count). The van der Waals surface area contributed by atoms with Crippen molar-refractivity contribution in [1.82, 2.24) is 13.7 Å². The van der Waals surface area contributed by atoms with Gasteiger partial charge in [0.15, 0.2) is 11.5 Å². The van der Waals surface area contributed by atoms with Crippen molar-refractivity contribution in [2.75, 3.05) is 0 Å². The van der Waals surface area contributed by atoms with Gasteiger partial charge in [-0.25, -0.2) is 0 Å². The minimum absolute atomic E-state index is 0. The highest BCUT2D eigenvalue weighted by Gasteiger charge is 2.17. The largest absolute Gasteiger partial charge is 0.507 e. The van der Waals surface area contributed by atoms with Crippen LogP contribution >= 0.6 is 0 Å². The zero-order chi connectivity index (χ0) is 54.4. The quantitative estimate of drug-likeness (QED) is 0.109. The van der Waals surface area contributed by atoms with Gasteiger partial charge in [0, 0.05) is 53.4 Å². The van der Waals surface area contributed by atoms with Gasteiger partial charge in [-0.1, -0.05) is 155 Å². The zero-order valence-electron chi connectivity index (χ0n) is 47.4. The van der Waals surface area contributed by atoms with Crippen LogP contribution in [0.1, 0.15) is 261 Å². The number of pyridine rings is 3. The van der Waals surface area contributed by atoms with Crippen molar-refractivity contribution in [3.63, 3.8) is 0 Å². The third kappa shape index (κ3) is 17.6. The van der Waals surface area contributed by atoms with E-state index in [0.717, 1.165) is 44.8 Å². The second kappa shape index (κ2) is 29.1. The first kappa shape index (κ1) is 65.5. The van der Waals surface area contributed by atoms with E-state index in [2.05, 4.69) is 81.4 Å². The lowest BCUT2D eigenvalue weighted by Crippen LogP contribution is -2.24. The number of aromatic nitrogens is 3. The molecule has 3 aromatic heterocycles. The van der Waals surface area contributed by atoms with Gasteiger partial charge >= 0.3 is 0 Å². The van der Waals surface area contributed by atoms with Crippen molar-refractivity contribution in [3.8, 4) is 23.0 Å². The number of aryl methyl sites for hydroxylation is 1. The summed E-state index contributed by atoms with van der Waals surface area (Å²) < 4.78 is 4.91. The molecule has 0 aliphatic rings. The molecule has 0 bridgehead atoms. The van der Waals surface area contributed by atoms with Gasteiger partial charge < -0.3 is 34.1 Å². The normalized spacial score (nSPS) is 11.2. The molecule has 5 aromatic rings. The molecule has 398 valence electrons. The molecule has 0 aliphatic heterocycles. The molecule has 3 heterocycles. The Kier molecular flexibility index (Phi) is 26.9. The number of phenolic OH excluding ortho intramolecular Hbond substituents is 2. The average molecular weight is 984 g/mol. The summed E-state index contributed by atoms with van der Waals surface area (Å²) >= 11 is 0. The van der Waals surface area contributed by atoms with Crippen molar-refractivity contribution < 1.29 is 20.4 Å². The molecule has 0 radical (unpaired) electrons. The van der Waals surface area contributed by atoms with Crippen molar-refractivity contribution in [2.45, 2.75) is 219 Å².